The second-order valence-corrected chi connectivity index (χ2v) is 5.35. The van der Waals surface area contributed by atoms with Gasteiger partial charge < -0.3 is 10.0 Å². The zero-order chi connectivity index (χ0) is 13.7. The van der Waals surface area contributed by atoms with Crippen molar-refractivity contribution in [1.82, 2.24) is 4.90 Å². The Bertz CT molecular complexity index is 404. The van der Waals surface area contributed by atoms with Gasteiger partial charge in [-0.15, -0.1) is 0 Å². The molecule has 0 bridgehead atoms. The highest BCUT2D eigenvalue weighted by molar-refractivity contribution is 5.80. The first-order valence-corrected chi connectivity index (χ1v) is 7.21. The van der Waals surface area contributed by atoms with Gasteiger partial charge in [-0.1, -0.05) is 43.7 Å². The summed E-state index contributed by atoms with van der Waals surface area (Å²) in [6.07, 6.45) is 3.84. The Morgan fingerprint density at radius 1 is 1.26 bits per heavy atom. The van der Waals surface area contributed by atoms with Gasteiger partial charge in [0.05, 0.1) is 12.6 Å². The molecule has 0 spiro atoms. The monoisotopic (exact) mass is 261 g/mol. The van der Waals surface area contributed by atoms with E-state index in [0.717, 1.165) is 31.2 Å². The summed E-state index contributed by atoms with van der Waals surface area (Å²) in [6, 6.07) is 10.0. The molecule has 104 valence electrons. The molecule has 2 atom stereocenters. The molecule has 0 aromatic heterocycles. The summed E-state index contributed by atoms with van der Waals surface area (Å²) in [6.45, 7) is 2.80. The molecular weight excluding hydrogens is 238 g/mol. The molecule has 0 saturated carbocycles. The molecular formula is C16H23NO2. The van der Waals surface area contributed by atoms with Crippen LogP contribution in [0.3, 0.4) is 0 Å². The first-order valence-electron chi connectivity index (χ1n) is 7.21. The fourth-order valence-electron chi connectivity index (χ4n) is 2.88. The summed E-state index contributed by atoms with van der Waals surface area (Å²) >= 11 is 0. The molecule has 2 rings (SSSR count). The van der Waals surface area contributed by atoms with E-state index >= 15 is 0 Å². The fourth-order valence-corrected chi connectivity index (χ4v) is 2.88. The lowest BCUT2D eigenvalue weighted by molar-refractivity contribution is -0.144. The van der Waals surface area contributed by atoms with Crippen molar-refractivity contribution in [3.8, 4) is 0 Å². The van der Waals surface area contributed by atoms with Gasteiger partial charge in [-0.3, -0.25) is 4.79 Å². The number of piperidine rings is 1. The number of likely N-dealkylation sites (tertiary alicyclic amines) is 1. The van der Waals surface area contributed by atoms with Gasteiger partial charge in [0, 0.05) is 12.5 Å². The van der Waals surface area contributed by atoms with Crippen molar-refractivity contribution in [1.29, 1.82) is 0 Å². The maximum atomic E-state index is 12.5. The van der Waals surface area contributed by atoms with E-state index in [9.17, 15) is 9.90 Å². The Labute approximate surface area is 115 Å². The molecule has 1 aromatic carbocycles. The van der Waals surface area contributed by atoms with Crippen molar-refractivity contribution in [2.75, 3.05) is 6.61 Å². The third kappa shape index (κ3) is 3.35. The summed E-state index contributed by atoms with van der Waals surface area (Å²) in [5.74, 6) is 0.368. The molecule has 1 amide bonds. The first kappa shape index (κ1) is 14.1. The van der Waals surface area contributed by atoms with Crippen LogP contribution >= 0.6 is 0 Å². The van der Waals surface area contributed by atoms with Gasteiger partial charge >= 0.3 is 0 Å². The first-order chi connectivity index (χ1) is 9.26. The Morgan fingerprint density at radius 2 is 2.00 bits per heavy atom. The lowest BCUT2D eigenvalue weighted by Crippen LogP contribution is -2.48. The van der Waals surface area contributed by atoms with Gasteiger partial charge in [-0.2, -0.15) is 0 Å². The number of rotatable bonds is 5. The van der Waals surface area contributed by atoms with E-state index < -0.39 is 0 Å². The van der Waals surface area contributed by atoms with Crippen LogP contribution in [0.4, 0.5) is 0 Å². The molecule has 0 aliphatic carbocycles. The van der Waals surface area contributed by atoms with Crippen molar-refractivity contribution in [2.24, 2.45) is 5.92 Å². The summed E-state index contributed by atoms with van der Waals surface area (Å²) in [5, 5.41) is 9.48. The molecule has 0 unspecified atom stereocenters. The minimum atomic E-state index is -0.0131. The van der Waals surface area contributed by atoms with E-state index in [1.54, 1.807) is 0 Å². The predicted octanol–water partition coefficient (Wildman–Crippen LogP) is 2.59. The normalized spacial score (nSPS) is 23.7. The van der Waals surface area contributed by atoms with Crippen LogP contribution < -0.4 is 0 Å². The molecule has 1 N–H and O–H groups in total. The van der Waals surface area contributed by atoms with Gasteiger partial charge in [0.2, 0.25) is 5.91 Å². The van der Waals surface area contributed by atoms with Gasteiger partial charge in [-0.05, 0) is 24.8 Å². The van der Waals surface area contributed by atoms with Gasteiger partial charge in [0.15, 0.2) is 0 Å². The van der Waals surface area contributed by atoms with Crippen molar-refractivity contribution >= 4 is 5.91 Å². The van der Waals surface area contributed by atoms with E-state index in [1.165, 1.54) is 0 Å². The Kier molecular flexibility index (Phi) is 4.97. The second kappa shape index (κ2) is 6.71. The van der Waals surface area contributed by atoms with Crippen LogP contribution in [-0.4, -0.2) is 28.6 Å². The van der Waals surface area contributed by atoms with E-state index in [-0.39, 0.29) is 24.5 Å². The number of aliphatic hydroxyl groups is 1. The van der Waals surface area contributed by atoms with Crippen molar-refractivity contribution in [3.05, 3.63) is 35.9 Å². The minimum absolute atomic E-state index is 0.0131. The van der Waals surface area contributed by atoms with Crippen LogP contribution in [-0.2, 0) is 11.3 Å². The van der Waals surface area contributed by atoms with Crippen molar-refractivity contribution in [3.63, 3.8) is 0 Å². The molecule has 1 fully saturated rings. The van der Waals surface area contributed by atoms with Gasteiger partial charge in [-0.25, -0.2) is 0 Å². The van der Waals surface area contributed by atoms with Crippen LogP contribution in [0.5, 0.6) is 0 Å². The fraction of sp³-hybridized carbons (Fsp3) is 0.562. The number of benzene rings is 1. The highest BCUT2D eigenvalue weighted by Gasteiger charge is 2.34. The minimum Gasteiger partial charge on any atom is -0.394 e. The van der Waals surface area contributed by atoms with E-state index in [0.29, 0.717) is 6.54 Å². The summed E-state index contributed by atoms with van der Waals surface area (Å²) in [7, 11) is 0. The quantitative estimate of drug-likeness (QED) is 0.885. The smallest absolute Gasteiger partial charge is 0.226 e. The number of carbonyl (C=O) groups is 1. The third-order valence-electron chi connectivity index (χ3n) is 3.97. The lowest BCUT2D eigenvalue weighted by Gasteiger charge is -2.38. The summed E-state index contributed by atoms with van der Waals surface area (Å²) in [4.78, 5) is 14.4. The number of amides is 1. The van der Waals surface area contributed by atoms with Crippen LogP contribution in [0.2, 0.25) is 0 Å². The van der Waals surface area contributed by atoms with Crippen LogP contribution in [0, 0.1) is 5.92 Å². The maximum Gasteiger partial charge on any atom is 0.226 e. The Morgan fingerprint density at radius 3 is 2.63 bits per heavy atom. The van der Waals surface area contributed by atoms with Gasteiger partial charge in [0.25, 0.3) is 0 Å². The molecule has 1 aliphatic heterocycles. The van der Waals surface area contributed by atoms with Crippen molar-refractivity contribution < 1.29 is 9.90 Å². The Hall–Kier alpha value is -1.35. The topological polar surface area (TPSA) is 40.5 Å². The van der Waals surface area contributed by atoms with Crippen LogP contribution in [0.1, 0.15) is 38.2 Å². The van der Waals surface area contributed by atoms with Crippen molar-refractivity contribution in [2.45, 2.75) is 45.2 Å². The average molecular weight is 261 g/mol. The Balaban J connectivity index is 2.10. The van der Waals surface area contributed by atoms with Crippen LogP contribution in [0.25, 0.3) is 0 Å². The predicted molar refractivity (Wildman–Crippen MR) is 75.5 cm³/mol. The molecule has 1 heterocycles. The van der Waals surface area contributed by atoms with Crippen LogP contribution in [0.15, 0.2) is 30.3 Å². The van der Waals surface area contributed by atoms with E-state index in [4.69, 9.17) is 0 Å². The molecule has 1 aromatic rings. The molecule has 19 heavy (non-hydrogen) atoms. The highest BCUT2D eigenvalue weighted by atomic mass is 16.3. The summed E-state index contributed by atoms with van der Waals surface area (Å²) < 4.78 is 0. The van der Waals surface area contributed by atoms with E-state index in [1.807, 2.05) is 35.2 Å². The SMILES string of the molecule is CCC[C@H]1CC[C@@H](CO)N(Cc2ccccc2)C1=O. The number of hydrogen-bond donors (Lipinski definition) is 1. The number of aliphatic hydroxyl groups excluding tert-OH is 1. The summed E-state index contributed by atoms with van der Waals surface area (Å²) in [5.41, 5.74) is 1.13. The molecule has 3 heteroatoms. The number of hydrogen-bond acceptors (Lipinski definition) is 2. The average Bonchev–Trinajstić information content (AvgIpc) is 2.45. The number of carbonyl (C=O) groups excluding carboxylic acids is 1. The zero-order valence-corrected chi connectivity index (χ0v) is 11.6. The molecule has 0 radical (unpaired) electrons. The van der Waals surface area contributed by atoms with Gasteiger partial charge in [0.1, 0.15) is 0 Å². The zero-order valence-electron chi connectivity index (χ0n) is 11.6. The maximum absolute atomic E-state index is 12.5. The van der Waals surface area contributed by atoms with E-state index in [2.05, 4.69) is 6.92 Å². The highest BCUT2D eigenvalue weighted by Crippen LogP contribution is 2.27. The number of nitrogens with zero attached hydrogens (tertiary/aromatic N) is 1. The molecule has 1 aliphatic rings. The molecule has 3 nitrogen and oxygen atoms in total. The molecule has 1 saturated heterocycles. The standard InChI is InChI=1S/C16H23NO2/c1-2-6-14-9-10-15(12-18)17(16(14)19)11-13-7-4-3-5-8-13/h3-5,7-8,14-15,18H,2,6,9-12H2,1H3/t14-,15-/m0/s1. The second-order valence-electron chi connectivity index (χ2n) is 5.35. The lowest BCUT2D eigenvalue weighted by atomic mass is 9.88. The largest absolute Gasteiger partial charge is 0.394 e. The third-order valence-corrected chi connectivity index (χ3v) is 3.97.